The van der Waals surface area contributed by atoms with Crippen molar-refractivity contribution in [3.8, 4) is 5.88 Å². The second-order valence-electron chi connectivity index (χ2n) is 5.58. The molecule has 122 valence electrons. The van der Waals surface area contributed by atoms with Crippen LogP contribution in [-0.2, 0) is 6.54 Å². The zero-order valence-corrected chi connectivity index (χ0v) is 14.5. The third kappa shape index (κ3) is 4.80. The van der Waals surface area contributed by atoms with E-state index in [1.165, 1.54) is 18.6 Å². The van der Waals surface area contributed by atoms with Crippen LogP contribution in [0.1, 0.15) is 32.3 Å². The predicted molar refractivity (Wildman–Crippen MR) is 93.7 cm³/mol. The van der Waals surface area contributed by atoms with Gasteiger partial charge in [-0.05, 0) is 38.5 Å². The number of ether oxygens (including phenoxy) is 1. The van der Waals surface area contributed by atoms with Gasteiger partial charge < -0.3 is 15.4 Å². The molecule has 22 heavy (non-hydrogen) atoms. The maximum atomic E-state index is 5.55. The molecule has 1 atom stereocenters. The molecule has 0 aliphatic carbocycles. The molecule has 1 aliphatic rings. The quantitative estimate of drug-likeness (QED) is 0.622. The summed E-state index contributed by atoms with van der Waals surface area (Å²) in [5.74, 6) is 2.77. The van der Waals surface area contributed by atoms with E-state index in [9.17, 15) is 0 Å². The van der Waals surface area contributed by atoms with Gasteiger partial charge in [0.1, 0.15) is 0 Å². The number of nitrogens with zero attached hydrogens (tertiary/aromatic N) is 2. The number of aliphatic imine (C=N–C) groups is 1. The molecular weight excluding hydrogens is 296 g/mol. The van der Waals surface area contributed by atoms with Gasteiger partial charge in [-0.2, -0.15) is 11.8 Å². The first kappa shape index (κ1) is 16.9. The van der Waals surface area contributed by atoms with Crippen LogP contribution in [0, 0.1) is 0 Å². The average Bonchev–Trinajstić information content (AvgIpc) is 2.96. The summed E-state index contributed by atoms with van der Waals surface area (Å²) in [6, 6.07) is 3.94. The summed E-state index contributed by atoms with van der Waals surface area (Å²) in [6.45, 7) is 6.48. The van der Waals surface area contributed by atoms with Gasteiger partial charge in [-0.3, -0.25) is 4.99 Å². The van der Waals surface area contributed by atoms with Crippen molar-refractivity contribution in [1.29, 1.82) is 0 Å². The lowest BCUT2D eigenvalue weighted by molar-refractivity contribution is 0.322. The van der Waals surface area contributed by atoms with Gasteiger partial charge in [0.2, 0.25) is 5.88 Å². The molecule has 0 saturated carbocycles. The fourth-order valence-corrected chi connectivity index (χ4v) is 3.72. The molecule has 2 rings (SSSR count). The average molecular weight is 322 g/mol. The van der Waals surface area contributed by atoms with Crippen molar-refractivity contribution < 1.29 is 4.74 Å². The number of guanidine groups is 1. The number of hydrogen-bond acceptors (Lipinski definition) is 4. The molecule has 1 aromatic rings. The first-order valence-corrected chi connectivity index (χ1v) is 8.80. The standard InChI is InChI=1S/C16H26N4OS/c1-4-21-14-13(7-5-9-18-14)11-19-15(17-3)20-12-16(2)8-6-10-22-16/h5,7,9H,4,6,8,10-12H2,1-3H3,(H2,17,19,20). The van der Waals surface area contributed by atoms with Crippen molar-refractivity contribution in [2.24, 2.45) is 4.99 Å². The van der Waals surface area contributed by atoms with E-state index in [0.717, 1.165) is 18.1 Å². The Bertz CT molecular complexity index is 501. The maximum absolute atomic E-state index is 5.55. The topological polar surface area (TPSA) is 58.5 Å². The SMILES string of the molecule is CCOc1ncccc1CNC(=NC)NCC1(C)CCCS1. The molecule has 0 radical (unpaired) electrons. The number of rotatable bonds is 6. The highest BCUT2D eigenvalue weighted by Crippen LogP contribution is 2.36. The van der Waals surface area contributed by atoms with Gasteiger partial charge in [0.25, 0.3) is 0 Å². The summed E-state index contributed by atoms with van der Waals surface area (Å²) in [5, 5.41) is 6.77. The Morgan fingerprint density at radius 1 is 1.50 bits per heavy atom. The molecule has 2 heterocycles. The van der Waals surface area contributed by atoms with Gasteiger partial charge in [0.05, 0.1) is 6.61 Å². The van der Waals surface area contributed by atoms with E-state index in [1.54, 1.807) is 13.2 Å². The van der Waals surface area contributed by atoms with E-state index in [2.05, 4.69) is 27.5 Å². The minimum absolute atomic E-state index is 0.322. The number of nitrogens with one attached hydrogen (secondary N) is 2. The van der Waals surface area contributed by atoms with Gasteiger partial charge in [-0.1, -0.05) is 6.07 Å². The van der Waals surface area contributed by atoms with E-state index >= 15 is 0 Å². The van der Waals surface area contributed by atoms with Crippen molar-refractivity contribution in [2.45, 2.75) is 38.0 Å². The summed E-state index contributed by atoms with van der Waals surface area (Å²) in [6.07, 6.45) is 4.32. The van der Waals surface area contributed by atoms with Crippen molar-refractivity contribution in [3.05, 3.63) is 23.9 Å². The van der Waals surface area contributed by atoms with Crippen LogP contribution in [-0.4, -0.2) is 41.6 Å². The third-order valence-electron chi connectivity index (χ3n) is 3.73. The highest BCUT2D eigenvalue weighted by Gasteiger charge is 2.29. The minimum atomic E-state index is 0.322. The Hall–Kier alpha value is -1.43. The Balaban J connectivity index is 1.86. The molecule has 0 bridgehead atoms. The van der Waals surface area contributed by atoms with E-state index in [1.807, 2.05) is 30.8 Å². The summed E-state index contributed by atoms with van der Waals surface area (Å²) in [5.41, 5.74) is 1.04. The monoisotopic (exact) mass is 322 g/mol. The van der Waals surface area contributed by atoms with Crippen LogP contribution in [0.5, 0.6) is 5.88 Å². The van der Waals surface area contributed by atoms with Crippen LogP contribution in [0.15, 0.2) is 23.3 Å². The Labute approximate surface area is 137 Å². The number of thioether (sulfide) groups is 1. The second-order valence-corrected chi connectivity index (χ2v) is 7.26. The molecule has 6 heteroatoms. The van der Waals surface area contributed by atoms with Crippen LogP contribution in [0.25, 0.3) is 0 Å². The lowest BCUT2D eigenvalue weighted by atomic mass is 10.1. The molecule has 1 saturated heterocycles. The summed E-state index contributed by atoms with van der Waals surface area (Å²) < 4.78 is 5.87. The maximum Gasteiger partial charge on any atom is 0.218 e. The number of aromatic nitrogens is 1. The van der Waals surface area contributed by atoms with Crippen LogP contribution in [0.4, 0.5) is 0 Å². The van der Waals surface area contributed by atoms with E-state index < -0.39 is 0 Å². The lowest BCUT2D eigenvalue weighted by Crippen LogP contribution is -2.43. The summed E-state index contributed by atoms with van der Waals surface area (Å²) in [7, 11) is 1.80. The van der Waals surface area contributed by atoms with E-state index in [-0.39, 0.29) is 0 Å². The molecule has 1 fully saturated rings. The Morgan fingerprint density at radius 3 is 3.05 bits per heavy atom. The van der Waals surface area contributed by atoms with Crippen molar-refractivity contribution in [1.82, 2.24) is 15.6 Å². The largest absolute Gasteiger partial charge is 0.478 e. The van der Waals surface area contributed by atoms with Gasteiger partial charge in [0, 0.05) is 36.6 Å². The van der Waals surface area contributed by atoms with Crippen LogP contribution in [0.2, 0.25) is 0 Å². The zero-order valence-electron chi connectivity index (χ0n) is 13.7. The second kappa shape index (κ2) is 8.27. The highest BCUT2D eigenvalue weighted by molar-refractivity contribution is 8.00. The molecule has 0 spiro atoms. The molecule has 5 nitrogen and oxygen atoms in total. The van der Waals surface area contributed by atoms with Gasteiger partial charge >= 0.3 is 0 Å². The van der Waals surface area contributed by atoms with Crippen LogP contribution < -0.4 is 15.4 Å². The Morgan fingerprint density at radius 2 is 2.36 bits per heavy atom. The summed E-state index contributed by atoms with van der Waals surface area (Å²) in [4.78, 5) is 8.56. The normalized spacial score (nSPS) is 21.7. The number of hydrogen-bond donors (Lipinski definition) is 2. The van der Waals surface area contributed by atoms with Crippen molar-refractivity contribution in [2.75, 3.05) is 26.0 Å². The third-order valence-corrected chi connectivity index (χ3v) is 5.27. The zero-order chi connectivity index (χ0) is 15.8. The molecule has 0 amide bonds. The minimum Gasteiger partial charge on any atom is -0.478 e. The fourth-order valence-electron chi connectivity index (χ4n) is 2.47. The van der Waals surface area contributed by atoms with Crippen LogP contribution >= 0.6 is 11.8 Å². The molecule has 1 unspecified atom stereocenters. The summed E-state index contributed by atoms with van der Waals surface area (Å²) >= 11 is 2.05. The molecule has 1 aliphatic heterocycles. The van der Waals surface area contributed by atoms with E-state index in [4.69, 9.17) is 4.74 Å². The van der Waals surface area contributed by atoms with Crippen molar-refractivity contribution >= 4 is 17.7 Å². The van der Waals surface area contributed by atoms with Crippen LogP contribution in [0.3, 0.4) is 0 Å². The fraction of sp³-hybridized carbons (Fsp3) is 0.625. The van der Waals surface area contributed by atoms with Crippen molar-refractivity contribution in [3.63, 3.8) is 0 Å². The smallest absolute Gasteiger partial charge is 0.218 e. The first-order valence-electron chi connectivity index (χ1n) is 7.82. The lowest BCUT2D eigenvalue weighted by Gasteiger charge is -2.24. The highest BCUT2D eigenvalue weighted by atomic mass is 32.2. The molecule has 1 aromatic heterocycles. The molecule has 0 aromatic carbocycles. The first-order chi connectivity index (χ1) is 10.7. The van der Waals surface area contributed by atoms with E-state index in [0.29, 0.717) is 23.8 Å². The van der Waals surface area contributed by atoms with Gasteiger partial charge in [-0.15, -0.1) is 0 Å². The number of pyridine rings is 1. The Kier molecular flexibility index (Phi) is 6.36. The molecular formula is C16H26N4OS. The van der Waals surface area contributed by atoms with Gasteiger partial charge in [0.15, 0.2) is 5.96 Å². The molecule has 2 N–H and O–H groups in total. The van der Waals surface area contributed by atoms with Gasteiger partial charge in [-0.25, -0.2) is 4.98 Å². The predicted octanol–water partition coefficient (Wildman–Crippen LogP) is 2.43.